The van der Waals surface area contributed by atoms with Crippen molar-refractivity contribution >= 4 is 5.91 Å². The normalized spacial score (nSPS) is 20.6. The van der Waals surface area contributed by atoms with Crippen LogP contribution >= 0.6 is 0 Å². The predicted octanol–water partition coefficient (Wildman–Crippen LogP) is 0.621. The van der Waals surface area contributed by atoms with Gasteiger partial charge in [0, 0.05) is 26.3 Å². The number of hydrogen-bond donors (Lipinski definition) is 1. The number of amides is 1. The molecule has 0 spiro atoms. The Morgan fingerprint density at radius 2 is 2.47 bits per heavy atom. The first kappa shape index (κ1) is 12.1. The molecule has 1 saturated heterocycles. The zero-order valence-electron chi connectivity index (χ0n) is 10.3. The third-order valence-corrected chi connectivity index (χ3v) is 3.31. The maximum absolute atomic E-state index is 12.2. The Hall–Kier alpha value is -1.36. The number of rotatable bonds is 3. The van der Waals surface area contributed by atoms with Crippen molar-refractivity contribution in [1.82, 2.24) is 14.7 Å². The Bertz CT molecular complexity index is 386. The summed E-state index contributed by atoms with van der Waals surface area (Å²) < 4.78 is 1.66. The quantitative estimate of drug-likeness (QED) is 0.836. The van der Waals surface area contributed by atoms with E-state index in [1.54, 1.807) is 16.9 Å². The molecule has 5 heteroatoms. The molecule has 1 atom stereocenters. The van der Waals surface area contributed by atoms with Crippen LogP contribution in [0.3, 0.4) is 0 Å². The summed E-state index contributed by atoms with van der Waals surface area (Å²) in [5.74, 6) is 0.605. The molecule has 2 rings (SSSR count). The number of aryl methyl sites for hydroxylation is 1. The van der Waals surface area contributed by atoms with Gasteiger partial charge in [0.1, 0.15) is 5.69 Å². The van der Waals surface area contributed by atoms with Crippen LogP contribution in [0.2, 0.25) is 0 Å². The SMILES string of the molecule is Cn1ccc(C(=O)N2CCCC(CCN)C2)n1. The number of aromatic nitrogens is 2. The van der Waals surface area contributed by atoms with Crippen LogP contribution in [0.5, 0.6) is 0 Å². The Labute approximate surface area is 102 Å². The highest BCUT2D eigenvalue weighted by Crippen LogP contribution is 2.20. The highest BCUT2D eigenvalue weighted by atomic mass is 16.2. The number of hydrogen-bond acceptors (Lipinski definition) is 3. The molecular formula is C12H20N4O. The van der Waals surface area contributed by atoms with Crippen LogP contribution in [0.25, 0.3) is 0 Å². The molecule has 0 bridgehead atoms. The van der Waals surface area contributed by atoms with Crippen LogP contribution in [0.15, 0.2) is 12.3 Å². The molecule has 5 nitrogen and oxygen atoms in total. The smallest absolute Gasteiger partial charge is 0.274 e. The van der Waals surface area contributed by atoms with E-state index in [0.29, 0.717) is 18.2 Å². The summed E-state index contributed by atoms with van der Waals surface area (Å²) in [6.45, 7) is 2.37. The van der Waals surface area contributed by atoms with Crippen LogP contribution in [0, 0.1) is 5.92 Å². The topological polar surface area (TPSA) is 64.2 Å². The Morgan fingerprint density at radius 3 is 3.12 bits per heavy atom. The summed E-state index contributed by atoms with van der Waals surface area (Å²) >= 11 is 0. The number of likely N-dealkylation sites (tertiary alicyclic amines) is 1. The minimum atomic E-state index is 0.0484. The molecule has 17 heavy (non-hydrogen) atoms. The van der Waals surface area contributed by atoms with Gasteiger partial charge in [-0.05, 0) is 37.8 Å². The number of nitrogens with two attached hydrogens (primary N) is 1. The standard InChI is InChI=1S/C12H20N4O/c1-15-8-5-11(14-15)12(17)16-7-2-3-10(9-16)4-6-13/h5,8,10H,2-4,6-7,9,13H2,1H3. The number of nitrogens with zero attached hydrogens (tertiary/aromatic N) is 3. The lowest BCUT2D eigenvalue weighted by atomic mass is 9.95. The van der Waals surface area contributed by atoms with Gasteiger partial charge < -0.3 is 10.6 Å². The van der Waals surface area contributed by atoms with E-state index in [4.69, 9.17) is 5.73 Å². The highest BCUT2D eigenvalue weighted by Gasteiger charge is 2.25. The molecule has 1 unspecified atom stereocenters. The maximum atomic E-state index is 12.2. The summed E-state index contributed by atoms with van der Waals surface area (Å²) in [7, 11) is 1.82. The first-order chi connectivity index (χ1) is 8.20. The molecule has 0 radical (unpaired) electrons. The molecule has 2 heterocycles. The van der Waals surface area contributed by atoms with Crippen molar-refractivity contribution in [2.45, 2.75) is 19.3 Å². The van der Waals surface area contributed by atoms with Crippen molar-refractivity contribution in [3.05, 3.63) is 18.0 Å². The third kappa shape index (κ3) is 2.85. The summed E-state index contributed by atoms with van der Waals surface area (Å²) in [5, 5.41) is 4.16. The first-order valence-corrected chi connectivity index (χ1v) is 6.19. The Morgan fingerprint density at radius 1 is 1.65 bits per heavy atom. The van der Waals surface area contributed by atoms with Gasteiger partial charge in [-0.3, -0.25) is 9.48 Å². The van der Waals surface area contributed by atoms with Gasteiger partial charge in [0.25, 0.3) is 5.91 Å². The van der Waals surface area contributed by atoms with Crippen molar-refractivity contribution in [1.29, 1.82) is 0 Å². The molecule has 0 aliphatic carbocycles. The van der Waals surface area contributed by atoms with E-state index in [-0.39, 0.29) is 5.91 Å². The van der Waals surface area contributed by atoms with E-state index in [0.717, 1.165) is 25.9 Å². The largest absolute Gasteiger partial charge is 0.337 e. The van der Waals surface area contributed by atoms with Crippen LogP contribution in [0.1, 0.15) is 29.8 Å². The average molecular weight is 236 g/mol. The van der Waals surface area contributed by atoms with E-state index in [2.05, 4.69) is 5.10 Å². The van der Waals surface area contributed by atoms with Crippen molar-refractivity contribution in [2.24, 2.45) is 18.7 Å². The van der Waals surface area contributed by atoms with Gasteiger partial charge in [-0.2, -0.15) is 5.10 Å². The molecule has 1 aliphatic heterocycles. The fourth-order valence-corrected chi connectivity index (χ4v) is 2.41. The minimum absolute atomic E-state index is 0.0484. The van der Waals surface area contributed by atoms with Gasteiger partial charge in [-0.15, -0.1) is 0 Å². The lowest BCUT2D eigenvalue weighted by Gasteiger charge is -2.32. The molecule has 2 N–H and O–H groups in total. The second-order valence-electron chi connectivity index (χ2n) is 4.71. The van der Waals surface area contributed by atoms with Gasteiger partial charge >= 0.3 is 0 Å². The van der Waals surface area contributed by atoms with Gasteiger partial charge in [-0.25, -0.2) is 0 Å². The summed E-state index contributed by atoms with van der Waals surface area (Å²) in [4.78, 5) is 14.1. The van der Waals surface area contributed by atoms with E-state index in [1.807, 2.05) is 11.9 Å². The molecular weight excluding hydrogens is 216 g/mol. The number of carbonyl (C=O) groups is 1. The Kier molecular flexibility index (Phi) is 3.78. The molecule has 1 aromatic heterocycles. The highest BCUT2D eigenvalue weighted by molar-refractivity contribution is 5.92. The molecule has 1 fully saturated rings. The zero-order chi connectivity index (χ0) is 12.3. The third-order valence-electron chi connectivity index (χ3n) is 3.31. The van der Waals surface area contributed by atoms with Gasteiger partial charge in [0.15, 0.2) is 0 Å². The van der Waals surface area contributed by atoms with Crippen molar-refractivity contribution in [2.75, 3.05) is 19.6 Å². The predicted molar refractivity (Wildman–Crippen MR) is 65.5 cm³/mol. The lowest BCUT2D eigenvalue weighted by Crippen LogP contribution is -2.40. The van der Waals surface area contributed by atoms with Gasteiger partial charge in [0.2, 0.25) is 0 Å². The van der Waals surface area contributed by atoms with Crippen molar-refractivity contribution < 1.29 is 4.79 Å². The summed E-state index contributed by atoms with van der Waals surface area (Å²) in [6, 6.07) is 1.77. The number of piperidine rings is 1. The molecule has 0 aromatic carbocycles. The molecule has 94 valence electrons. The summed E-state index contributed by atoms with van der Waals surface area (Å²) in [5.41, 5.74) is 6.12. The molecule has 1 amide bonds. The van der Waals surface area contributed by atoms with Gasteiger partial charge in [-0.1, -0.05) is 0 Å². The fourth-order valence-electron chi connectivity index (χ4n) is 2.41. The lowest BCUT2D eigenvalue weighted by molar-refractivity contribution is 0.0663. The second kappa shape index (κ2) is 5.31. The van der Waals surface area contributed by atoms with Crippen molar-refractivity contribution in [3.8, 4) is 0 Å². The van der Waals surface area contributed by atoms with Crippen LogP contribution in [0.4, 0.5) is 0 Å². The maximum Gasteiger partial charge on any atom is 0.274 e. The van der Waals surface area contributed by atoms with Crippen molar-refractivity contribution in [3.63, 3.8) is 0 Å². The monoisotopic (exact) mass is 236 g/mol. The van der Waals surface area contributed by atoms with E-state index in [9.17, 15) is 4.79 Å². The van der Waals surface area contributed by atoms with Crippen LogP contribution in [-0.2, 0) is 7.05 Å². The summed E-state index contributed by atoms with van der Waals surface area (Å²) in [6.07, 6.45) is 5.06. The van der Waals surface area contributed by atoms with Crippen LogP contribution in [-0.4, -0.2) is 40.2 Å². The van der Waals surface area contributed by atoms with Crippen LogP contribution < -0.4 is 5.73 Å². The zero-order valence-corrected chi connectivity index (χ0v) is 10.3. The molecule has 0 saturated carbocycles. The minimum Gasteiger partial charge on any atom is -0.337 e. The molecule has 1 aromatic rings. The van der Waals surface area contributed by atoms with Gasteiger partial charge in [0.05, 0.1) is 0 Å². The number of carbonyl (C=O) groups excluding carboxylic acids is 1. The fraction of sp³-hybridized carbons (Fsp3) is 0.667. The van der Waals surface area contributed by atoms with E-state index < -0.39 is 0 Å². The van der Waals surface area contributed by atoms with E-state index >= 15 is 0 Å². The average Bonchev–Trinajstić information content (AvgIpc) is 2.76. The second-order valence-corrected chi connectivity index (χ2v) is 4.71. The molecule has 1 aliphatic rings. The van der Waals surface area contributed by atoms with E-state index in [1.165, 1.54) is 6.42 Å². The first-order valence-electron chi connectivity index (χ1n) is 6.19. The Balaban J connectivity index is 1.99.